The lowest BCUT2D eigenvalue weighted by Crippen LogP contribution is -2.56. The summed E-state index contributed by atoms with van der Waals surface area (Å²) < 4.78 is 26.2. The van der Waals surface area contributed by atoms with Crippen molar-refractivity contribution in [3.05, 3.63) is 71.3 Å². The number of aryl methyl sites for hydroxylation is 1. The molecule has 2 aromatic carbocycles. The lowest BCUT2D eigenvalue weighted by atomic mass is 9.97. The van der Waals surface area contributed by atoms with Crippen LogP contribution in [0.25, 0.3) is 0 Å². The maximum absolute atomic E-state index is 13.3. The Morgan fingerprint density at radius 2 is 1.81 bits per heavy atom. The molecule has 0 aromatic heterocycles. The molecule has 0 unspecified atom stereocenters. The summed E-state index contributed by atoms with van der Waals surface area (Å²) in [5.41, 5.74) is 1.31. The quantitative estimate of drug-likeness (QED) is 0.847. The molecule has 1 N–H and O–H groups in total. The third kappa shape index (κ3) is 4.70. The van der Waals surface area contributed by atoms with E-state index in [1.807, 2.05) is 25.1 Å². The number of nitrogens with one attached hydrogen (secondary N) is 1. The van der Waals surface area contributed by atoms with Crippen LogP contribution >= 0.6 is 0 Å². The number of rotatable bonds is 6. The molecule has 1 aliphatic rings. The van der Waals surface area contributed by atoms with Crippen molar-refractivity contribution in [3.63, 3.8) is 0 Å². The van der Waals surface area contributed by atoms with Crippen LogP contribution in [0.3, 0.4) is 0 Å². The molecule has 0 bridgehead atoms. The van der Waals surface area contributed by atoms with E-state index in [2.05, 4.69) is 17.4 Å². The van der Waals surface area contributed by atoms with Gasteiger partial charge in [0, 0.05) is 24.7 Å². The molecule has 2 aromatic rings. The van der Waals surface area contributed by atoms with Gasteiger partial charge in [-0.15, -0.1) is 0 Å². The highest BCUT2D eigenvalue weighted by Gasteiger charge is 2.36. The third-order valence-corrected chi connectivity index (χ3v) is 4.80. The molecule has 4 nitrogen and oxygen atoms in total. The summed E-state index contributed by atoms with van der Waals surface area (Å²) in [4.78, 5) is 26.0. The van der Waals surface area contributed by atoms with Gasteiger partial charge in [-0.2, -0.15) is 0 Å². The number of amides is 2. The molecule has 2 amide bonds. The first kappa shape index (κ1) is 19.0. The zero-order chi connectivity index (χ0) is 19.4. The summed E-state index contributed by atoms with van der Waals surface area (Å²) in [7, 11) is 0. The Morgan fingerprint density at radius 3 is 2.48 bits per heavy atom. The van der Waals surface area contributed by atoms with Crippen LogP contribution in [0, 0.1) is 17.6 Å². The van der Waals surface area contributed by atoms with Crippen molar-refractivity contribution in [2.75, 3.05) is 13.1 Å². The van der Waals surface area contributed by atoms with E-state index < -0.39 is 17.5 Å². The second-order valence-electron chi connectivity index (χ2n) is 6.97. The predicted octanol–water partition coefficient (Wildman–Crippen LogP) is 3.17. The summed E-state index contributed by atoms with van der Waals surface area (Å²) in [5.74, 6) is -2.78. The second-order valence-corrected chi connectivity index (χ2v) is 6.97. The Labute approximate surface area is 157 Å². The Morgan fingerprint density at radius 1 is 1.11 bits per heavy atom. The summed E-state index contributed by atoms with van der Waals surface area (Å²) in [6.07, 6.45) is 1.72. The summed E-state index contributed by atoms with van der Waals surface area (Å²) in [5, 5.41) is 2.98. The van der Waals surface area contributed by atoms with E-state index >= 15 is 0 Å². The molecule has 0 radical (unpaired) electrons. The first-order valence-corrected chi connectivity index (χ1v) is 9.02. The number of likely N-dealkylation sites (tertiary alicyclic amines) is 1. The van der Waals surface area contributed by atoms with E-state index in [1.54, 1.807) is 0 Å². The predicted molar refractivity (Wildman–Crippen MR) is 98.1 cm³/mol. The Hall–Kier alpha value is -2.76. The molecule has 3 rings (SSSR count). The first-order valence-electron chi connectivity index (χ1n) is 9.02. The van der Waals surface area contributed by atoms with Gasteiger partial charge in [-0.25, -0.2) is 8.78 Å². The van der Waals surface area contributed by atoms with Crippen molar-refractivity contribution >= 4 is 11.8 Å². The SMILES string of the molecule is C[C@H](CCc1ccccc1)NC(=O)C1CN(C(=O)c2ccc(F)c(F)c2)C1. The topological polar surface area (TPSA) is 49.4 Å². The number of halogens is 2. The molecular formula is C21H22F2N2O2. The number of carbonyl (C=O) groups is 2. The molecule has 1 fully saturated rings. The van der Waals surface area contributed by atoms with Gasteiger partial charge in [0.05, 0.1) is 5.92 Å². The van der Waals surface area contributed by atoms with Crippen molar-refractivity contribution in [3.8, 4) is 0 Å². The van der Waals surface area contributed by atoms with Crippen molar-refractivity contribution in [2.45, 2.75) is 25.8 Å². The van der Waals surface area contributed by atoms with Gasteiger partial charge in [-0.1, -0.05) is 30.3 Å². The lowest BCUT2D eigenvalue weighted by Gasteiger charge is -2.38. The van der Waals surface area contributed by atoms with Crippen LogP contribution in [0.15, 0.2) is 48.5 Å². The monoisotopic (exact) mass is 372 g/mol. The maximum Gasteiger partial charge on any atom is 0.254 e. The van der Waals surface area contributed by atoms with Crippen molar-refractivity contribution in [2.24, 2.45) is 5.92 Å². The highest BCUT2D eigenvalue weighted by Crippen LogP contribution is 2.20. The van der Waals surface area contributed by atoms with E-state index in [4.69, 9.17) is 0 Å². The van der Waals surface area contributed by atoms with Gasteiger partial charge in [0.25, 0.3) is 5.91 Å². The molecule has 142 valence electrons. The Kier molecular flexibility index (Phi) is 5.84. The fourth-order valence-corrected chi connectivity index (χ4v) is 3.08. The summed E-state index contributed by atoms with van der Waals surface area (Å²) in [6.45, 7) is 2.54. The molecule has 1 atom stereocenters. The van der Waals surface area contributed by atoms with Crippen LogP contribution in [0.2, 0.25) is 0 Å². The molecule has 1 aliphatic heterocycles. The third-order valence-electron chi connectivity index (χ3n) is 4.80. The largest absolute Gasteiger partial charge is 0.353 e. The highest BCUT2D eigenvalue weighted by molar-refractivity contribution is 5.96. The molecule has 27 heavy (non-hydrogen) atoms. The van der Waals surface area contributed by atoms with Crippen LogP contribution in [0.4, 0.5) is 8.78 Å². The van der Waals surface area contributed by atoms with Gasteiger partial charge >= 0.3 is 0 Å². The minimum Gasteiger partial charge on any atom is -0.353 e. The van der Waals surface area contributed by atoms with Crippen molar-refractivity contribution in [1.29, 1.82) is 0 Å². The highest BCUT2D eigenvalue weighted by atomic mass is 19.2. The van der Waals surface area contributed by atoms with Gasteiger partial charge in [0.15, 0.2) is 11.6 Å². The molecular weight excluding hydrogens is 350 g/mol. The van der Waals surface area contributed by atoms with Crippen LogP contribution in [-0.4, -0.2) is 35.8 Å². The van der Waals surface area contributed by atoms with Gasteiger partial charge < -0.3 is 10.2 Å². The van der Waals surface area contributed by atoms with Crippen LogP contribution in [0.5, 0.6) is 0 Å². The van der Waals surface area contributed by atoms with E-state index in [0.717, 1.165) is 25.0 Å². The van der Waals surface area contributed by atoms with Crippen LogP contribution in [-0.2, 0) is 11.2 Å². The minimum absolute atomic E-state index is 0.0358. The molecule has 1 saturated heterocycles. The average Bonchev–Trinajstić information content (AvgIpc) is 2.61. The normalized spacial score (nSPS) is 15.1. The number of hydrogen-bond acceptors (Lipinski definition) is 2. The molecule has 0 saturated carbocycles. The number of hydrogen-bond donors (Lipinski definition) is 1. The van der Waals surface area contributed by atoms with Gasteiger partial charge in [-0.3, -0.25) is 9.59 Å². The minimum atomic E-state index is -1.05. The van der Waals surface area contributed by atoms with Crippen molar-refractivity contribution < 1.29 is 18.4 Å². The fourth-order valence-electron chi connectivity index (χ4n) is 3.08. The molecule has 0 spiro atoms. The van der Waals surface area contributed by atoms with E-state index in [9.17, 15) is 18.4 Å². The molecule has 1 heterocycles. The fraction of sp³-hybridized carbons (Fsp3) is 0.333. The van der Waals surface area contributed by atoms with Crippen LogP contribution in [0.1, 0.15) is 29.3 Å². The van der Waals surface area contributed by atoms with Gasteiger partial charge in [-0.05, 0) is 43.5 Å². The van der Waals surface area contributed by atoms with E-state index in [0.29, 0.717) is 0 Å². The molecule has 6 heteroatoms. The summed E-state index contributed by atoms with van der Waals surface area (Å²) in [6, 6.07) is 13.2. The molecule has 0 aliphatic carbocycles. The number of nitrogens with zero attached hydrogens (tertiary/aromatic N) is 1. The van der Waals surface area contributed by atoms with Crippen LogP contribution < -0.4 is 5.32 Å². The van der Waals surface area contributed by atoms with E-state index in [1.165, 1.54) is 16.5 Å². The maximum atomic E-state index is 13.3. The Balaban J connectivity index is 1.43. The smallest absolute Gasteiger partial charge is 0.254 e. The lowest BCUT2D eigenvalue weighted by molar-refractivity contribution is -0.129. The Bertz CT molecular complexity index is 820. The van der Waals surface area contributed by atoms with Crippen molar-refractivity contribution in [1.82, 2.24) is 10.2 Å². The first-order chi connectivity index (χ1) is 12.9. The van der Waals surface area contributed by atoms with Gasteiger partial charge in [0.1, 0.15) is 0 Å². The number of carbonyl (C=O) groups excluding carboxylic acids is 2. The zero-order valence-corrected chi connectivity index (χ0v) is 15.1. The summed E-state index contributed by atoms with van der Waals surface area (Å²) >= 11 is 0. The number of benzene rings is 2. The van der Waals surface area contributed by atoms with Gasteiger partial charge in [0.2, 0.25) is 5.91 Å². The second kappa shape index (κ2) is 8.29. The van der Waals surface area contributed by atoms with E-state index in [-0.39, 0.29) is 36.5 Å². The average molecular weight is 372 g/mol. The standard InChI is InChI=1S/C21H22F2N2O2/c1-14(7-8-15-5-3-2-4-6-15)24-20(26)17-12-25(13-17)21(27)16-9-10-18(22)19(23)11-16/h2-6,9-11,14,17H,7-8,12-13H2,1H3,(H,24,26)/t14-/m1/s1. The zero-order valence-electron chi connectivity index (χ0n) is 15.1.